The molecule has 0 bridgehead atoms. The van der Waals surface area contributed by atoms with Gasteiger partial charge in [-0.05, 0) is 20.8 Å². The van der Waals surface area contributed by atoms with Gasteiger partial charge in [-0.2, -0.15) is 6.42 Å². The van der Waals surface area contributed by atoms with Gasteiger partial charge in [0, 0.05) is 32.7 Å². The van der Waals surface area contributed by atoms with Crippen LogP contribution in [0, 0.1) is 6.54 Å². The van der Waals surface area contributed by atoms with Crippen molar-refractivity contribution in [1.82, 2.24) is 5.32 Å². The van der Waals surface area contributed by atoms with E-state index in [1.807, 2.05) is 27.7 Å². The Bertz CT molecular complexity index is 132. The molecule has 0 heterocycles. The molecule has 0 spiro atoms. The third-order valence-corrected chi connectivity index (χ3v) is 0.823. The average molecular weight is 247 g/mol. The van der Waals surface area contributed by atoms with Gasteiger partial charge >= 0.3 is 6.09 Å². The standard InChI is InChI=1S/C8H16NO2.Y/c1-5-6-9-7(10)11-8(2,3)4;/h6H,5H2,1-4H3,(H,9,10);/q-1;. The summed E-state index contributed by atoms with van der Waals surface area (Å²) in [5, 5.41) is 2.50. The number of nitrogens with one attached hydrogen (secondary N) is 1. The SMILES string of the molecule is CC[CH-]NC(=O)OC(C)(C)C.[Y]. The molecule has 0 saturated carbocycles. The van der Waals surface area contributed by atoms with Gasteiger partial charge in [-0.3, -0.25) is 0 Å². The molecule has 0 aliphatic carbocycles. The summed E-state index contributed by atoms with van der Waals surface area (Å²) in [4.78, 5) is 10.9. The van der Waals surface area contributed by atoms with Crippen LogP contribution < -0.4 is 5.32 Å². The van der Waals surface area contributed by atoms with E-state index in [2.05, 4.69) is 5.32 Å². The normalized spacial score (nSPS) is 10.0. The second-order valence-electron chi connectivity index (χ2n) is 3.26. The third-order valence-electron chi connectivity index (χ3n) is 0.823. The molecule has 0 aromatic rings. The zero-order valence-electron chi connectivity index (χ0n) is 8.18. The number of carbonyl (C=O) groups excluding carboxylic acids is 1. The van der Waals surface area contributed by atoms with Crippen LogP contribution >= 0.6 is 0 Å². The summed E-state index contributed by atoms with van der Waals surface area (Å²) in [5.74, 6) is 0. The molecule has 12 heavy (non-hydrogen) atoms. The summed E-state index contributed by atoms with van der Waals surface area (Å²) < 4.78 is 4.96. The average Bonchev–Trinajstić information content (AvgIpc) is 1.79. The quantitative estimate of drug-likeness (QED) is 0.758. The summed E-state index contributed by atoms with van der Waals surface area (Å²) in [6, 6.07) is 0. The van der Waals surface area contributed by atoms with Crippen LogP contribution in [-0.4, -0.2) is 11.7 Å². The van der Waals surface area contributed by atoms with Gasteiger partial charge in [-0.1, -0.05) is 6.92 Å². The van der Waals surface area contributed by atoms with E-state index in [0.717, 1.165) is 6.42 Å². The maximum atomic E-state index is 10.9. The minimum atomic E-state index is -0.411. The predicted molar refractivity (Wildman–Crippen MR) is 44.0 cm³/mol. The number of hydrogen-bond acceptors (Lipinski definition) is 2. The van der Waals surface area contributed by atoms with E-state index in [0.29, 0.717) is 0 Å². The van der Waals surface area contributed by atoms with E-state index in [9.17, 15) is 4.79 Å². The van der Waals surface area contributed by atoms with Gasteiger partial charge in [-0.15, -0.1) is 0 Å². The molecule has 69 valence electrons. The smallest absolute Gasteiger partial charge is 0.378 e. The van der Waals surface area contributed by atoms with Crippen LogP contribution in [0.15, 0.2) is 0 Å². The molecule has 0 aromatic carbocycles. The summed E-state index contributed by atoms with van der Waals surface area (Å²) in [7, 11) is 0. The van der Waals surface area contributed by atoms with Gasteiger partial charge in [0.1, 0.15) is 5.60 Å². The summed E-state index contributed by atoms with van der Waals surface area (Å²) in [5.41, 5.74) is -0.411. The monoisotopic (exact) mass is 247 g/mol. The number of alkyl carbamates (subject to hydrolysis) is 1. The first kappa shape index (κ1) is 14.9. The first-order chi connectivity index (χ1) is 4.95. The van der Waals surface area contributed by atoms with E-state index < -0.39 is 5.60 Å². The molecule has 0 saturated heterocycles. The predicted octanol–water partition coefficient (Wildman–Crippen LogP) is 2.08. The number of rotatable bonds is 2. The van der Waals surface area contributed by atoms with Crippen molar-refractivity contribution in [3.8, 4) is 0 Å². The fourth-order valence-electron chi connectivity index (χ4n) is 0.493. The van der Waals surface area contributed by atoms with Crippen molar-refractivity contribution in [2.75, 3.05) is 0 Å². The van der Waals surface area contributed by atoms with Crippen molar-refractivity contribution in [3.05, 3.63) is 6.54 Å². The van der Waals surface area contributed by atoms with Gasteiger partial charge in [0.2, 0.25) is 0 Å². The molecule has 0 atom stereocenters. The minimum Gasteiger partial charge on any atom is -0.470 e. The molecule has 0 aromatic heterocycles. The Morgan fingerprint density at radius 2 is 2.00 bits per heavy atom. The first-order valence-electron chi connectivity index (χ1n) is 3.77. The molecule has 0 rings (SSSR count). The van der Waals surface area contributed by atoms with Gasteiger partial charge < -0.3 is 10.1 Å². The van der Waals surface area contributed by atoms with Crippen LogP contribution in [0.4, 0.5) is 4.79 Å². The van der Waals surface area contributed by atoms with Crippen LogP contribution in [0.1, 0.15) is 34.1 Å². The molecule has 0 aliphatic heterocycles. The Morgan fingerprint density at radius 3 is 2.33 bits per heavy atom. The van der Waals surface area contributed by atoms with Crippen LogP contribution in [0.3, 0.4) is 0 Å². The fraction of sp³-hybridized carbons (Fsp3) is 0.750. The van der Waals surface area contributed by atoms with E-state index in [4.69, 9.17) is 4.74 Å². The molecule has 0 fully saturated rings. The van der Waals surface area contributed by atoms with Crippen molar-refractivity contribution in [3.63, 3.8) is 0 Å². The summed E-state index contributed by atoms with van der Waals surface area (Å²) in [6.07, 6.45) is 0.415. The Balaban J connectivity index is 0. The maximum absolute atomic E-state index is 10.9. The van der Waals surface area contributed by atoms with Crippen LogP contribution in [0.25, 0.3) is 0 Å². The van der Waals surface area contributed by atoms with Gasteiger partial charge in [0.25, 0.3) is 0 Å². The molecule has 3 nitrogen and oxygen atoms in total. The van der Waals surface area contributed by atoms with Crippen molar-refractivity contribution in [2.24, 2.45) is 0 Å². The van der Waals surface area contributed by atoms with Crippen LogP contribution in [0.5, 0.6) is 0 Å². The topological polar surface area (TPSA) is 38.3 Å². The zero-order chi connectivity index (χ0) is 8.91. The van der Waals surface area contributed by atoms with E-state index in [-0.39, 0.29) is 38.8 Å². The van der Waals surface area contributed by atoms with Gasteiger partial charge in [0.15, 0.2) is 0 Å². The van der Waals surface area contributed by atoms with Gasteiger partial charge in [0.05, 0.1) is 0 Å². The Hall–Kier alpha value is 0.374. The Kier molecular flexibility index (Phi) is 8.48. The second kappa shape index (κ2) is 6.84. The van der Waals surface area contributed by atoms with Crippen molar-refractivity contribution < 1.29 is 42.2 Å². The van der Waals surface area contributed by atoms with Gasteiger partial charge in [-0.25, -0.2) is 11.3 Å². The number of amides is 1. The number of hydrogen-bond donors (Lipinski definition) is 1. The Morgan fingerprint density at radius 1 is 1.50 bits per heavy atom. The molecular formula is C8H16NO2Y-. The zero-order valence-corrected chi connectivity index (χ0v) is 11.0. The van der Waals surface area contributed by atoms with E-state index >= 15 is 0 Å². The largest absolute Gasteiger partial charge is 0.470 e. The summed E-state index contributed by atoms with van der Waals surface area (Å²) >= 11 is 0. The Labute approximate surface area is 99.5 Å². The van der Waals surface area contributed by atoms with E-state index in [1.165, 1.54) is 0 Å². The third kappa shape index (κ3) is 10.4. The molecular weight excluding hydrogens is 231 g/mol. The minimum absolute atomic E-state index is 0. The fourth-order valence-corrected chi connectivity index (χ4v) is 0.493. The van der Waals surface area contributed by atoms with Crippen molar-refractivity contribution in [1.29, 1.82) is 0 Å². The number of carbonyl (C=O) groups is 1. The number of ether oxygens (including phenoxy) is 1. The molecule has 4 heteroatoms. The molecule has 0 unspecified atom stereocenters. The summed E-state index contributed by atoms with van der Waals surface area (Å²) in [6.45, 7) is 9.10. The molecule has 1 radical (unpaired) electrons. The molecule has 1 amide bonds. The molecule has 1 N–H and O–H groups in total. The van der Waals surface area contributed by atoms with Crippen LogP contribution in [0.2, 0.25) is 0 Å². The molecule has 0 aliphatic rings. The first-order valence-corrected chi connectivity index (χ1v) is 3.77. The van der Waals surface area contributed by atoms with Crippen LogP contribution in [-0.2, 0) is 37.4 Å². The second-order valence-corrected chi connectivity index (χ2v) is 3.26. The maximum Gasteiger partial charge on any atom is 0.378 e. The van der Waals surface area contributed by atoms with Crippen molar-refractivity contribution in [2.45, 2.75) is 39.7 Å². The van der Waals surface area contributed by atoms with Crippen molar-refractivity contribution >= 4 is 6.09 Å². The van der Waals surface area contributed by atoms with E-state index in [1.54, 1.807) is 6.54 Å².